The summed E-state index contributed by atoms with van der Waals surface area (Å²) >= 11 is 0. The number of ether oxygens (including phenoxy) is 1. The van der Waals surface area contributed by atoms with Crippen molar-refractivity contribution in [1.29, 1.82) is 5.26 Å². The van der Waals surface area contributed by atoms with Gasteiger partial charge in [0, 0.05) is 18.3 Å². The van der Waals surface area contributed by atoms with Gasteiger partial charge in [0.1, 0.15) is 18.2 Å². The molecule has 1 atom stereocenters. The number of aromatic amines is 1. The Labute approximate surface area is 167 Å². The van der Waals surface area contributed by atoms with Crippen molar-refractivity contribution in [1.82, 2.24) is 25.2 Å². The summed E-state index contributed by atoms with van der Waals surface area (Å²) in [4.78, 5) is 38.7. The second-order valence-corrected chi connectivity index (χ2v) is 7.89. The maximum Gasteiger partial charge on any atom is 0.275 e. The van der Waals surface area contributed by atoms with Gasteiger partial charge < -0.3 is 19.9 Å². The van der Waals surface area contributed by atoms with Crippen molar-refractivity contribution in [2.45, 2.75) is 31.7 Å². The van der Waals surface area contributed by atoms with E-state index >= 15 is 0 Å². The Morgan fingerprint density at radius 2 is 2.24 bits per heavy atom. The third kappa shape index (κ3) is 2.79. The van der Waals surface area contributed by atoms with Gasteiger partial charge in [-0.15, -0.1) is 0 Å². The summed E-state index contributed by atoms with van der Waals surface area (Å²) < 4.78 is 5.23. The molecule has 2 N–H and O–H groups in total. The lowest BCUT2D eigenvalue weighted by molar-refractivity contribution is 0.0689. The van der Waals surface area contributed by atoms with Crippen LogP contribution < -0.4 is 5.32 Å². The van der Waals surface area contributed by atoms with Crippen LogP contribution in [0.1, 0.15) is 52.0 Å². The number of imidazole rings is 1. The Bertz CT molecular complexity index is 1060. The number of pyridine rings is 1. The predicted molar refractivity (Wildman–Crippen MR) is 101 cm³/mol. The van der Waals surface area contributed by atoms with Gasteiger partial charge in [-0.2, -0.15) is 5.26 Å². The zero-order valence-corrected chi connectivity index (χ0v) is 16.0. The molecule has 0 aromatic carbocycles. The number of nitriles is 1. The van der Waals surface area contributed by atoms with E-state index in [1.165, 1.54) is 0 Å². The van der Waals surface area contributed by atoms with Gasteiger partial charge in [0.25, 0.3) is 11.8 Å². The third-order valence-corrected chi connectivity index (χ3v) is 5.99. The number of carbonyl (C=O) groups excluding carboxylic acids is 2. The zero-order valence-electron chi connectivity index (χ0n) is 16.0. The molecule has 2 aliphatic heterocycles. The molecule has 0 spiro atoms. The highest BCUT2D eigenvalue weighted by molar-refractivity contribution is 6.03. The molecule has 1 saturated heterocycles. The maximum absolute atomic E-state index is 12.6. The van der Waals surface area contributed by atoms with E-state index in [1.807, 2.05) is 6.92 Å². The van der Waals surface area contributed by atoms with Crippen LogP contribution in [0.5, 0.6) is 0 Å². The minimum absolute atomic E-state index is 0.222. The molecule has 29 heavy (non-hydrogen) atoms. The molecule has 1 saturated carbocycles. The minimum atomic E-state index is -0.715. The second kappa shape index (κ2) is 6.39. The van der Waals surface area contributed by atoms with Crippen molar-refractivity contribution in [2.75, 3.05) is 19.9 Å². The Balaban J connectivity index is 1.59. The summed E-state index contributed by atoms with van der Waals surface area (Å²) in [6.07, 6.45) is 3.53. The largest absolute Gasteiger partial charge is 0.359 e. The maximum atomic E-state index is 12.6. The molecular formula is C20H20N6O3. The molecule has 0 bridgehead atoms. The van der Waals surface area contributed by atoms with Crippen LogP contribution in [0.2, 0.25) is 0 Å². The number of rotatable bonds is 4. The number of H-pyrrole nitrogens is 1. The highest BCUT2D eigenvalue weighted by atomic mass is 16.5. The second-order valence-electron chi connectivity index (χ2n) is 7.89. The van der Waals surface area contributed by atoms with Crippen molar-refractivity contribution in [2.24, 2.45) is 5.92 Å². The monoisotopic (exact) mass is 392 g/mol. The number of fused-ring (bicyclic) bond motifs is 1. The Morgan fingerprint density at radius 3 is 2.93 bits per heavy atom. The van der Waals surface area contributed by atoms with Crippen molar-refractivity contribution in [3.63, 3.8) is 0 Å². The van der Waals surface area contributed by atoms with Gasteiger partial charge in [0.05, 0.1) is 41.6 Å². The average molecular weight is 392 g/mol. The Hall–Kier alpha value is -3.25. The van der Waals surface area contributed by atoms with Crippen LogP contribution in [0, 0.1) is 17.2 Å². The Morgan fingerprint density at radius 1 is 1.41 bits per heavy atom. The van der Waals surface area contributed by atoms with Gasteiger partial charge in [-0.05, 0) is 31.7 Å². The van der Waals surface area contributed by atoms with Gasteiger partial charge in [-0.1, -0.05) is 0 Å². The van der Waals surface area contributed by atoms with Crippen LogP contribution in [-0.4, -0.2) is 51.5 Å². The van der Waals surface area contributed by atoms with Crippen LogP contribution in [0.25, 0.3) is 11.4 Å². The number of aromatic nitrogens is 3. The molecule has 3 aliphatic rings. The molecular weight excluding hydrogens is 372 g/mol. The van der Waals surface area contributed by atoms with E-state index < -0.39 is 5.41 Å². The predicted octanol–water partition coefficient (Wildman–Crippen LogP) is 1.34. The number of nitrogens with one attached hydrogen (secondary N) is 2. The molecule has 2 amide bonds. The first-order valence-corrected chi connectivity index (χ1v) is 9.68. The number of hydrogen-bond donors (Lipinski definition) is 2. The van der Waals surface area contributed by atoms with E-state index in [0.717, 1.165) is 12.8 Å². The summed E-state index contributed by atoms with van der Waals surface area (Å²) in [6.45, 7) is 3.51. The topological polar surface area (TPSA) is 124 Å². The van der Waals surface area contributed by atoms with Gasteiger partial charge in [-0.25, -0.2) is 4.98 Å². The summed E-state index contributed by atoms with van der Waals surface area (Å²) in [5, 5.41) is 12.6. The molecule has 1 aliphatic carbocycles. The lowest BCUT2D eigenvalue weighted by atomic mass is 9.81. The van der Waals surface area contributed by atoms with Crippen molar-refractivity contribution >= 4 is 11.8 Å². The molecule has 2 aromatic rings. The van der Waals surface area contributed by atoms with Gasteiger partial charge >= 0.3 is 0 Å². The van der Waals surface area contributed by atoms with E-state index in [4.69, 9.17) is 4.74 Å². The quantitative estimate of drug-likeness (QED) is 0.809. The molecule has 9 heteroatoms. The Kier molecular flexibility index (Phi) is 3.93. The first kappa shape index (κ1) is 17.8. The molecule has 2 aromatic heterocycles. The van der Waals surface area contributed by atoms with Gasteiger partial charge in [0.2, 0.25) is 0 Å². The third-order valence-electron chi connectivity index (χ3n) is 5.99. The molecule has 0 unspecified atom stereocenters. The lowest BCUT2D eigenvalue weighted by Gasteiger charge is -2.22. The number of amides is 2. The van der Waals surface area contributed by atoms with Crippen LogP contribution in [0.15, 0.2) is 12.3 Å². The summed E-state index contributed by atoms with van der Waals surface area (Å²) in [5.41, 5.74) is 1.82. The first-order chi connectivity index (χ1) is 14.0. The smallest absolute Gasteiger partial charge is 0.275 e. The van der Waals surface area contributed by atoms with Crippen LogP contribution >= 0.6 is 0 Å². The van der Waals surface area contributed by atoms with Crippen LogP contribution in [-0.2, 0) is 16.7 Å². The highest BCUT2D eigenvalue weighted by Crippen LogP contribution is 2.47. The molecule has 4 heterocycles. The molecule has 148 valence electrons. The molecule has 2 fully saturated rings. The molecule has 5 rings (SSSR count). The van der Waals surface area contributed by atoms with E-state index in [1.54, 1.807) is 17.2 Å². The molecule has 0 radical (unpaired) electrons. The van der Waals surface area contributed by atoms with Crippen molar-refractivity contribution < 1.29 is 14.3 Å². The SMILES string of the molecule is C[C@@](C#N)(c1cc(-c2nc(C(=O)N3CCOC3)c[nH]2)c2c(n1)CNC2=O)C1CC1. The fourth-order valence-corrected chi connectivity index (χ4v) is 4.01. The van der Waals surface area contributed by atoms with E-state index in [-0.39, 0.29) is 30.2 Å². The van der Waals surface area contributed by atoms with Crippen molar-refractivity contribution in [3.8, 4) is 17.5 Å². The van der Waals surface area contributed by atoms with Crippen molar-refractivity contribution in [3.05, 3.63) is 34.9 Å². The standard InChI is InChI=1S/C20H20N6O3/c1-20(9-21,11-2-3-11)15-6-12(16-13(24-15)7-23-18(16)27)17-22-8-14(25-17)19(28)26-4-5-29-10-26/h6,8,11H,2-5,7,10H2,1H3,(H,22,25)(H,23,27)/t20-/m0/s1. The summed E-state index contributed by atoms with van der Waals surface area (Å²) in [5.74, 6) is 0.234. The van der Waals surface area contributed by atoms with Gasteiger partial charge in [0.15, 0.2) is 0 Å². The van der Waals surface area contributed by atoms with Gasteiger partial charge in [-0.3, -0.25) is 14.6 Å². The van der Waals surface area contributed by atoms with Crippen LogP contribution in [0.4, 0.5) is 0 Å². The number of nitrogens with zero attached hydrogens (tertiary/aromatic N) is 4. The lowest BCUT2D eigenvalue weighted by Crippen LogP contribution is -2.28. The normalized spacial score (nSPS) is 20.1. The number of carbonyl (C=O) groups is 2. The van der Waals surface area contributed by atoms with E-state index in [2.05, 4.69) is 26.3 Å². The highest BCUT2D eigenvalue weighted by Gasteiger charge is 2.45. The van der Waals surface area contributed by atoms with Crippen LogP contribution in [0.3, 0.4) is 0 Å². The zero-order chi connectivity index (χ0) is 20.2. The van der Waals surface area contributed by atoms with E-state index in [0.29, 0.717) is 48.0 Å². The number of hydrogen-bond acceptors (Lipinski definition) is 6. The fraction of sp³-hybridized carbons (Fsp3) is 0.450. The first-order valence-electron chi connectivity index (χ1n) is 9.68. The average Bonchev–Trinajstić information content (AvgIpc) is 3.13. The fourth-order valence-electron chi connectivity index (χ4n) is 4.01. The molecule has 9 nitrogen and oxygen atoms in total. The summed E-state index contributed by atoms with van der Waals surface area (Å²) in [7, 11) is 0. The minimum Gasteiger partial charge on any atom is -0.359 e. The summed E-state index contributed by atoms with van der Waals surface area (Å²) in [6, 6.07) is 4.20. The van der Waals surface area contributed by atoms with E-state index in [9.17, 15) is 14.9 Å².